The quantitative estimate of drug-likeness (QED) is 0.779. The lowest BCUT2D eigenvalue weighted by Crippen LogP contribution is -2.13. The molecule has 1 amide bonds. The molecule has 0 saturated carbocycles. The van der Waals surface area contributed by atoms with E-state index in [0.717, 1.165) is 0 Å². The Labute approximate surface area is 144 Å². The van der Waals surface area contributed by atoms with Gasteiger partial charge in [0.15, 0.2) is 0 Å². The number of anilines is 1. The SMILES string of the molecule is CCOc1ccc(OCC)c(NC(=O)c2cnc(Cl)c(Cl)c2)c1. The minimum absolute atomic E-state index is 0.150. The van der Waals surface area contributed by atoms with Crippen LogP contribution in [0.2, 0.25) is 10.2 Å². The van der Waals surface area contributed by atoms with Crippen molar-refractivity contribution in [2.24, 2.45) is 0 Å². The summed E-state index contributed by atoms with van der Waals surface area (Å²) in [6.45, 7) is 4.75. The second-order valence-corrected chi connectivity index (χ2v) is 5.24. The average molecular weight is 355 g/mol. The highest BCUT2D eigenvalue weighted by Gasteiger charge is 2.13. The van der Waals surface area contributed by atoms with Gasteiger partial charge in [-0.15, -0.1) is 0 Å². The van der Waals surface area contributed by atoms with Crippen LogP contribution in [0.4, 0.5) is 5.69 Å². The van der Waals surface area contributed by atoms with Crippen LogP contribution in [0.5, 0.6) is 11.5 Å². The van der Waals surface area contributed by atoms with Crippen molar-refractivity contribution < 1.29 is 14.3 Å². The summed E-state index contributed by atoms with van der Waals surface area (Å²) in [5.74, 6) is 0.821. The Morgan fingerprint density at radius 3 is 2.57 bits per heavy atom. The number of carbonyl (C=O) groups is 1. The molecule has 0 saturated heterocycles. The number of rotatable bonds is 6. The molecule has 0 aliphatic carbocycles. The molecule has 122 valence electrons. The van der Waals surface area contributed by atoms with E-state index in [2.05, 4.69) is 10.3 Å². The maximum Gasteiger partial charge on any atom is 0.257 e. The molecule has 1 aromatic carbocycles. The van der Waals surface area contributed by atoms with E-state index in [4.69, 9.17) is 32.7 Å². The molecule has 7 heteroatoms. The first-order chi connectivity index (χ1) is 11.0. The topological polar surface area (TPSA) is 60.5 Å². The predicted molar refractivity (Wildman–Crippen MR) is 91.0 cm³/mol. The number of nitrogens with zero attached hydrogens (tertiary/aromatic N) is 1. The van der Waals surface area contributed by atoms with Gasteiger partial charge in [-0.1, -0.05) is 23.2 Å². The fraction of sp³-hybridized carbons (Fsp3) is 0.250. The van der Waals surface area contributed by atoms with Crippen molar-refractivity contribution in [3.63, 3.8) is 0 Å². The molecule has 2 rings (SSSR count). The number of ether oxygens (including phenoxy) is 2. The molecule has 1 aromatic heterocycles. The highest BCUT2D eigenvalue weighted by Crippen LogP contribution is 2.30. The molecule has 0 unspecified atom stereocenters. The van der Waals surface area contributed by atoms with Gasteiger partial charge in [0.05, 0.1) is 29.5 Å². The normalized spacial score (nSPS) is 10.3. The zero-order valence-corrected chi connectivity index (χ0v) is 14.2. The van der Waals surface area contributed by atoms with Crippen LogP contribution >= 0.6 is 23.2 Å². The van der Waals surface area contributed by atoms with Gasteiger partial charge < -0.3 is 14.8 Å². The van der Waals surface area contributed by atoms with Crippen molar-refractivity contribution in [3.8, 4) is 11.5 Å². The molecular weight excluding hydrogens is 339 g/mol. The van der Waals surface area contributed by atoms with Crippen molar-refractivity contribution in [1.29, 1.82) is 0 Å². The summed E-state index contributed by atoms with van der Waals surface area (Å²) in [5.41, 5.74) is 0.803. The minimum atomic E-state index is -0.370. The molecule has 1 N–H and O–H groups in total. The Balaban J connectivity index is 2.27. The maximum atomic E-state index is 12.4. The lowest BCUT2D eigenvalue weighted by molar-refractivity contribution is 0.102. The zero-order valence-electron chi connectivity index (χ0n) is 12.7. The summed E-state index contributed by atoms with van der Waals surface area (Å²) in [4.78, 5) is 16.2. The van der Waals surface area contributed by atoms with Gasteiger partial charge in [0, 0.05) is 12.3 Å². The van der Waals surface area contributed by atoms with Crippen molar-refractivity contribution in [2.75, 3.05) is 18.5 Å². The van der Waals surface area contributed by atoms with E-state index in [1.807, 2.05) is 13.8 Å². The lowest BCUT2D eigenvalue weighted by atomic mass is 10.2. The van der Waals surface area contributed by atoms with Gasteiger partial charge in [-0.05, 0) is 32.0 Å². The van der Waals surface area contributed by atoms with Crippen molar-refractivity contribution in [3.05, 3.63) is 46.2 Å². The molecule has 0 aliphatic heterocycles. The first kappa shape index (κ1) is 17.4. The summed E-state index contributed by atoms with van der Waals surface area (Å²) in [5, 5.41) is 3.14. The van der Waals surface area contributed by atoms with E-state index < -0.39 is 0 Å². The smallest absolute Gasteiger partial charge is 0.257 e. The van der Waals surface area contributed by atoms with Crippen LogP contribution in [0.15, 0.2) is 30.5 Å². The summed E-state index contributed by atoms with van der Waals surface area (Å²) in [7, 11) is 0. The number of halogens is 2. The number of nitrogens with one attached hydrogen (secondary N) is 1. The van der Waals surface area contributed by atoms with Crippen LogP contribution in [-0.4, -0.2) is 24.1 Å². The van der Waals surface area contributed by atoms with Gasteiger partial charge >= 0.3 is 0 Å². The van der Waals surface area contributed by atoms with E-state index in [1.165, 1.54) is 12.3 Å². The highest BCUT2D eigenvalue weighted by atomic mass is 35.5. The second kappa shape index (κ2) is 8.04. The largest absolute Gasteiger partial charge is 0.494 e. The number of aromatic nitrogens is 1. The van der Waals surface area contributed by atoms with Crippen LogP contribution in [0.25, 0.3) is 0 Å². The summed E-state index contributed by atoms with van der Waals surface area (Å²) < 4.78 is 11.0. The van der Waals surface area contributed by atoms with Gasteiger partial charge in [-0.25, -0.2) is 4.98 Å². The molecule has 0 aliphatic rings. The number of benzene rings is 1. The zero-order chi connectivity index (χ0) is 16.8. The van der Waals surface area contributed by atoms with Crippen molar-refractivity contribution in [1.82, 2.24) is 4.98 Å². The maximum absolute atomic E-state index is 12.4. The number of amides is 1. The molecule has 23 heavy (non-hydrogen) atoms. The fourth-order valence-corrected chi connectivity index (χ4v) is 2.15. The molecule has 0 bridgehead atoms. The highest BCUT2D eigenvalue weighted by molar-refractivity contribution is 6.41. The number of hydrogen-bond acceptors (Lipinski definition) is 4. The van der Waals surface area contributed by atoms with Gasteiger partial charge in [0.2, 0.25) is 0 Å². The Hall–Kier alpha value is -1.98. The predicted octanol–water partition coefficient (Wildman–Crippen LogP) is 4.44. The average Bonchev–Trinajstić information content (AvgIpc) is 2.53. The molecule has 0 atom stereocenters. The first-order valence-corrected chi connectivity index (χ1v) is 7.82. The lowest BCUT2D eigenvalue weighted by Gasteiger charge is -2.13. The summed E-state index contributed by atoms with van der Waals surface area (Å²) >= 11 is 11.6. The van der Waals surface area contributed by atoms with Gasteiger partial charge in [-0.2, -0.15) is 0 Å². The third kappa shape index (κ3) is 4.50. The monoisotopic (exact) mass is 354 g/mol. The number of hydrogen-bond donors (Lipinski definition) is 1. The molecule has 0 spiro atoms. The Bertz CT molecular complexity index is 708. The van der Waals surface area contributed by atoms with E-state index >= 15 is 0 Å². The third-order valence-electron chi connectivity index (χ3n) is 2.87. The molecule has 1 heterocycles. The fourth-order valence-electron chi connectivity index (χ4n) is 1.88. The molecule has 2 aromatic rings. The number of pyridine rings is 1. The van der Waals surface area contributed by atoms with E-state index in [0.29, 0.717) is 36.0 Å². The first-order valence-electron chi connectivity index (χ1n) is 7.07. The molecule has 0 radical (unpaired) electrons. The van der Waals surface area contributed by atoms with Crippen LogP contribution in [0, 0.1) is 0 Å². The third-order valence-corrected chi connectivity index (χ3v) is 3.55. The van der Waals surface area contributed by atoms with Crippen LogP contribution in [0.3, 0.4) is 0 Å². The minimum Gasteiger partial charge on any atom is -0.494 e. The molecule has 0 fully saturated rings. The van der Waals surface area contributed by atoms with Gasteiger partial charge in [0.1, 0.15) is 16.7 Å². The molecule has 5 nitrogen and oxygen atoms in total. The van der Waals surface area contributed by atoms with Crippen molar-refractivity contribution in [2.45, 2.75) is 13.8 Å². The van der Waals surface area contributed by atoms with E-state index in [1.54, 1.807) is 18.2 Å². The van der Waals surface area contributed by atoms with E-state index in [9.17, 15) is 4.79 Å². The Kier molecular flexibility index (Phi) is 6.07. The van der Waals surface area contributed by atoms with Crippen LogP contribution in [-0.2, 0) is 0 Å². The Morgan fingerprint density at radius 1 is 1.17 bits per heavy atom. The van der Waals surface area contributed by atoms with Gasteiger partial charge in [-0.3, -0.25) is 4.79 Å². The van der Waals surface area contributed by atoms with Gasteiger partial charge in [0.25, 0.3) is 5.91 Å². The summed E-state index contributed by atoms with van der Waals surface area (Å²) in [6, 6.07) is 6.69. The van der Waals surface area contributed by atoms with Crippen LogP contribution in [0.1, 0.15) is 24.2 Å². The molecular formula is C16H16Cl2N2O3. The second-order valence-electron chi connectivity index (χ2n) is 4.47. The Morgan fingerprint density at radius 2 is 1.91 bits per heavy atom. The van der Waals surface area contributed by atoms with Crippen LogP contribution < -0.4 is 14.8 Å². The van der Waals surface area contributed by atoms with E-state index in [-0.39, 0.29) is 16.1 Å². The standard InChI is InChI=1S/C16H16Cl2N2O3/c1-3-22-11-5-6-14(23-4-2)13(8-11)20-16(21)10-7-12(17)15(18)19-9-10/h5-9H,3-4H2,1-2H3,(H,20,21). The number of carbonyl (C=O) groups excluding carboxylic acids is 1. The summed E-state index contributed by atoms with van der Waals surface area (Å²) in [6.07, 6.45) is 1.36. The van der Waals surface area contributed by atoms with Crippen molar-refractivity contribution >= 4 is 34.8 Å².